The van der Waals surface area contributed by atoms with Crippen molar-refractivity contribution in [1.29, 1.82) is 0 Å². The van der Waals surface area contributed by atoms with E-state index in [1.165, 1.54) is 69.1 Å². The first kappa shape index (κ1) is 26.3. The summed E-state index contributed by atoms with van der Waals surface area (Å²) in [6, 6.07) is 12.7. The number of anilines is 1. The van der Waals surface area contributed by atoms with Crippen LogP contribution in [0.4, 0.5) is 5.69 Å². The van der Waals surface area contributed by atoms with E-state index in [4.69, 9.17) is 11.6 Å². The lowest BCUT2D eigenvalue weighted by molar-refractivity contribution is 0.563. The molecule has 0 radical (unpaired) electrons. The molecule has 4 nitrogen and oxygen atoms in total. The van der Waals surface area contributed by atoms with Gasteiger partial charge in [0.05, 0.1) is 15.9 Å². The number of fused-ring (bicyclic) bond motifs is 1. The minimum atomic E-state index is -3.76. The van der Waals surface area contributed by atoms with E-state index in [0.717, 1.165) is 21.8 Å². The van der Waals surface area contributed by atoms with Gasteiger partial charge in [0.25, 0.3) is 10.0 Å². The lowest BCUT2D eigenvalue weighted by Gasteiger charge is -2.12. The third kappa shape index (κ3) is 8.46. The van der Waals surface area contributed by atoms with E-state index >= 15 is 0 Å². The highest BCUT2D eigenvalue weighted by molar-refractivity contribution is 7.99. The van der Waals surface area contributed by atoms with Crippen LogP contribution in [0.3, 0.4) is 0 Å². The standard InChI is InChI=1S/C25H33ClN2O2S3/c1-2-3-4-5-6-7-8-9-10-13-18-31-24-19-20(26)16-17-22(24)28-33(29,30)25-27-21-14-11-12-15-23(21)32-25/h11-12,14-17,19,28H,2-10,13,18H2,1H3. The molecular formula is C25H33ClN2O2S3. The topological polar surface area (TPSA) is 59.1 Å². The van der Waals surface area contributed by atoms with Crippen molar-refractivity contribution < 1.29 is 8.42 Å². The Balaban J connectivity index is 1.49. The Labute approximate surface area is 211 Å². The van der Waals surface area contributed by atoms with Crippen LogP contribution >= 0.6 is 34.7 Å². The summed E-state index contributed by atoms with van der Waals surface area (Å²) in [6.45, 7) is 2.25. The van der Waals surface area contributed by atoms with Gasteiger partial charge in [0, 0.05) is 9.92 Å². The summed E-state index contributed by atoms with van der Waals surface area (Å²) in [5.41, 5.74) is 1.24. The zero-order valence-corrected chi connectivity index (χ0v) is 22.4. The summed E-state index contributed by atoms with van der Waals surface area (Å²) in [4.78, 5) is 5.14. The zero-order chi connectivity index (χ0) is 23.5. The van der Waals surface area contributed by atoms with E-state index in [1.807, 2.05) is 30.3 Å². The predicted molar refractivity (Wildman–Crippen MR) is 144 cm³/mol. The highest BCUT2D eigenvalue weighted by Crippen LogP contribution is 2.34. The maximum atomic E-state index is 13.0. The quantitative estimate of drug-likeness (QED) is 0.159. The molecular weight excluding hydrogens is 492 g/mol. The van der Waals surface area contributed by atoms with Crippen LogP contribution in [0.5, 0.6) is 0 Å². The molecule has 33 heavy (non-hydrogen) atoms. The molecule has 0 unspecified atom stereocenters. The molecule has 1 heterocycles. The van der Waals surface area contributed by atoms with Gasteiger partial charge in [-0.25, -0.2) is 4.98 Å². The number of hydrogen-bond acceptors (Lipinski definition) is 5. The Morgan fingerprint density at radius 1 is 0.939 bits per heavy atom. The number of nitrogens with one attached hydrogen (secondary N) is 1. The Morgan fingerprint density at radius 3 is 2.30 bits per heavy atom. The summed E-state index contributed by atoms with van der Waals surface area (Å²) in [5.74, 6) is 0.937. The number of rotatable bonds is 15. The van der Waals surface area contributed by atoms with Crippen LogP contribution in [-0.2, 0) is 10.0 Å². The van der Waals surface area contributed by atoms with E-state index in [0.29, 0.717) is 16.2 Å². The van der Waals surface area contributed by atoms with Gasteiger partial charge in [0.1, 0.15) is 0 Å². The normalized spacial score (nSPS) is 11.8. The highest BCUT2D eigenvalue weighted by Gasteiger charge is 2.21. The molecule has 0 atom stereocenters. The Bertz CT molecular complexity index is 1080. The van der Waals surface area contributed by atoms with Crippen LogP contribution in [0.1, 0.15) is 71.1 Å². The van der Waals surface area contributed by atoms with Crippen LogP contribution in [0.15, 0.2) is 51.7 Å². The van der Waals surface area contributed by atoms with Crippen LogP contribution in [0.25, 0.3) is 10.2 Å². The predicted octanol–water partition coefficient (Wildman–Crippen LogP) is 8.76. The molecule has 2 aromatic carbocycles. The molecule has 0 aliphatic rings. The number of aromatic nitrogens is 1. The number of thioether (sulfide) groups is 1. The third-order valence-corrected chi connectivity index (χ3v) is 9.60. The van der Waals surface area contributed by atoms with Crippen molar-refractivity contribution in [1.82, 2.24) is 4.98 Å². The maximum Gasteiger partial charge on any atom is 0.289 e. The van der Waals surface area contributed by atoms with E-state index in [-0.39, 0.29) is 4.34 Å². The molecule has 8 heteroatoms. The number of nitrogens with zero attached hydrogens (tertiary/aromatic N) is 1. The first-order valence-electron chi connectivity index (χ1n) is 11.8. The molecule has 0 saturated carbocycles. The largest absolute Gasteiger partial charge is 0.289 e. The molecule has 0 bridgehead atoms. The number of unbranched alkanes of at least 4 members (excludes halogenated alkanes) is 9. The van der Waals surface area contributed by atoms with Crippen molar-refractivity contribution in [3.8, 4) is 0 Å². The van der Waals surface area contributed by atoms with Gasteiger partial charge in [-0.2, -0.15) is 8.42 Å². The van der Waals surface area contributed by atoms with Gasteiger partial charge in [0.15, 0.2) is 0 Å². The summed E-state index contributed by atoms with van der Waals surface area (Å²) in [6.07, 6.45) is 13.0. The van der Waals surface area contributed by atoms with Crippen molar-refractivity contribution in [2.45, 2.75) is 80.4 Å². The SMILES string of the molecule is CCCCCCCCCCCCSc1cc(Cl)ccc1NS(=O)(=O)c1nc2ccccc2s1. The van der Waals surface area contributed by atoms with Crippen LogP contribution in [-0.4, -0.2) is 19.2 Å². The lowest BCUT2D eigenvalue weighted by Crippen LogP contribution is -2.13. The Morgan fingerprint density at radius 2 is 1.61 bits per heavy atom. The maximum absolute atomic E-state index is 13.0. The number of sulfonamides is 1. The van der Waals surface area contributed by atoms with Gasteiger partial charge in [-0.05, 0) is 42.5 Å². The van der Waals surface area contributed by atoms with Gasteiger partial charge in [0.2, 0.25) is 4.34 Å². The molecule has 1 N–H and O–H groups in total. The molecule has 0 aliphatic carbocycles. The fraction of sp³-hybridized carbons (Fsp3) is 0.480. The zero-order valence-electron chi connectivity index (χ0n) is 19.2. The van der Waals surface area contributed by atoms with E-state index < -0.39 is 10.0 Å². The van der Waals surface area contributed by atoms with Gasteiger partial charge < -0.3 is 0 Å². The first-order chi connectivity index (χ1) is 16.0. The third-order valence-electron chi connectivity index (χ3n) is 5.45. The summed E-state index contributed by atoms with van der Waals surface area (Å²) >= 11 is 9.03. The minimum absolute atomic E-state index is 0.0734. The number of para-hydroxylation sites is 1. The summed E-state index contributed by atoms with van der Waals surface area (Å²) in [7, 11) is -3.76. The number of benzene rings is 2. The Kier molecular flexibility index (Phi) is 10.8. The van der Waals surface area contributed by atoms with Crippen molar-refractivity contribution in [2.24, 2.45) is 0 Å². The molecule has 3 rings (SSSR count). The van der Waals surface area contributed by atoms with E-state index in [1.54, 1.807) is 23.9 Å². The Hall–Kier alpha value is -1.28. The molecule has 3 aromatic rings. The number of hydrogen-bond donors (Lipinski definition) is 1. The van der Waals surface area contributed by atoms with E-state index in [2.05, 4.69) is 16.6 Å². The average molecular weight is 525 g/mol. The van der Waals surface area contributed by atoms with E-state index in [9.17, 15) is 8.42 Å². The second kappa shape index (κ2) is 13.6. The fourth-order valence-corrected chi connectivity index (χ4v) is 7.28. The molecule has 0 aliphatic heterocycles. The number of thiazole rings is 1. The van der Waals surface area contributed by atoms with Crippen LogP contribution in [0, 0.1) is 0 Å². The minimum Gasteiger partial charge on any atom is -0.277 e. The van der Waals surface area contributed by atoms with Crippen molar-refractivity contribution in [2.75, 3.05) is 10.5 Å². The van der Waals surface area contributed by atoms with Crippen molar-refractivity contribution >= 4 is 60.6 Å². The van der Waals surface area contributed by atoms with Gasteiger partial charge >= 0.3 is 0 Å². The van der Waals surface area contributed by atoms with Gasteiger partial charge in [-0.3, -0.25) is 4.72 Å². The monoisotopic (exact) mass is 524 g/mol. The second-order valence-electron chi connectivity index (χ2n) is 8.22. The highest BCUT2D eigenvalue weighted by atomic mass is 35.5. The lowest BCUT2D eigenvalue weighted by atomic mass is 10.1. The van der Waals surface area contributed by atoms with Crippen LogP contribution in [0.2, 0.25) is 5.02 Å². The van der Waals surface area contributed by atoms with Crippen LogP contribution < -0.4 is 4.72 Å². The van der Waals surface area contributed by atoms with Crippen molar-refractivity contribution in [3.05, 3.63) is 47.5 Å². The molecule has 180 valence electrons. The van der Waals surface area contributed by atoms with Crippen molar-refractivity contribution in [3.63, 3.8) is 0 Å². The summed E-state index contributed by atoms with van der Waals surface area (Å²) < 4.78 is 29.6. The summed E-state index contributed by atoms with van der Waals surface area (Å²) in [5, 5.41) is 0.600. The molecule has 0 fully saturated rings. The average Bonchev–Trinajstić information content (AvgIpc) is 3.24. The molecule has 1 aromatic heterocycles. The number of halogens is 1. The van der Waals surface area contributed by atoms with Gasteiger partial charge in [-0.1, -0.05) is 88.4 Å². The van der Waals surface area contributed by atoms with Gasteiger partial charge in [-0.15, -0.1) is 23.1 Å². The fourth-order valence-electron chi connectivity index (χ4n) is 3.63. The molecule has 0 saturated heterocycles. The smallest absolute Gasteiger partial charge is 0.277 e. The molecule has 0 spiro atoms. The molecule has 0 amide bonds. The first-order valence-corrected chi connectivity index (χ1v) is 15.5. The second-order valence-corrected chi connectivity index (χ2v) is 12.7.